The Balaban J connectivity index is 1.70. The van der Waals surface area contributed by atoms with E-state index in [4.69, 9.17) is 17.0 Å². The molecule has 7 heteroatoms. The molecule has 1 aliphatic rings. The molecule has 0 spiro atoms. The molecular formula is C27H25FN4OS. The van der Waals surface area contributed by atoms with Crippen LogP contribution in [-0.2, 0) is 0 Å². The Morgan fingerprint density at radius 3 is 2.44 bits per heavy atom. The first kappa shape index (κ1) is 22.1. The number of rotatable bonds is 5. The first-order valence-corrected chi connectivity index (χ1v) is 11.5. The van der Waals surface area contributed by atoms with Crippen molar-refractivity contribution in [3.8, 4) is 11.4 Å². The number of hydrogen-bond donors (Lipinski definition) is 1. The number of pyridine rings is 1. The highest BCUT2D eigenvalue weighted by Gasteiger charge is 2.43. The quantitative estimate of drug-likeness (QED) is 0.371. The van der Waals surface area contributed by atoms with E-state index in [-0.39, 0.29) is 17.9 Å². The van der Waals surface area contributed by atoms with Gasteiger partial charge >= 0.3 is 0 Å². The van der Waals surface area contributed by atoms with Gasteiger partial charge in [0.15, 0.2) is 5.11 Å². The number of hydrogen-bond acceptors (Lipinski definition) is 3. The molecule has 3 heterocycles. The zero-order chi connectivity index (χ0) is 23.8. The van der Waals surface area contributed by atoms with Crippen LogP contribution in [0.4, 0.5) is 10.1 Å². The van der Waals surface area contributed by atoms with E-state index in [1.807, 2.05) is 42.5 Å². The molecule has 2 aromatic heterocycles. The summed E-state index contributed by atoms with van der Waals surface area (Å²) in [5, 5.41) is 4.11. The zero-order valence-corrected chi connectivity index (χ0v) is 20.0. The second-order valence-electron chi connectivity index (χ2n) is 8.31. The summed E-state index contributed by atoms with van der Waals surface area (Å²) < 4.78 is 21.4. The minimum absolute atomic E-state index is 0.166. The van der Waals surface area contributed by atoms with Crippen LogP contribution in [0.2, 0.25) is 0 Å². The normalized spacial score (nSPS) is 17.6. The smallest absolute Gasteiger partial charge is 0.174 e. The largest absolute Gasteiger partial charge is 0.495 e. The monoisotopic (exact) mass is 472 g/mol. The fourth-order valence-electron chi connectivity index (χ4n) is 4.83. The minimum Gasteiger partial charge on any atom is -0.495 e. The number of halogens is 1. The molecule has 0 unspecified atom stereocenters. The molecule has 5 rings (SSSR count). The summed E-state index contributed by atoms with van der Waals surface area (Å²) in [5.41, 5.74) is 5.92. The van der Waals surface area contributed by atoms with E-state index in [0.717, 1.165) is 39.8 Å². The van der Waals surface area contributed by atoms with E-state index in [2.05, 4.69) is 39.7 Å². The number of nitrogens with one attached hydrogen (secondary N) is 1. The number of thiocarbonyl (C=S) groups is 1. The first-order valence-electron chi connectivity index (χ1n) is 11.1. The summed E-state index contributed by atoms with van der Waals surface area (Å²) in [6, 6.07) is 22.2. The van der Waals surface area contributed by atoms with Gasteiger partial charge in [0.25, 0.3) is 0 Å². The van der Waals surface area contributed by atoms with E-state index in [9.17, 15) is 4.39 Å². The van der Waals surface area contributed by atoms with Gasteiger partial charge in [-0.3, -0.25) is 4.98 Å². The summed E-state index contributed by atoms with van der Waals surface area (Å²) >= 11 is 5.86. The predicted molar refractivity (Wildman–Crippen MR) is 136 cm³/mol. The van der Waals surface area contributed by atoms with Crippen LogP contribution in [0.5, 0.6) is 5.75 Å². The standard InChI is InChI=1S/C27H25FN4OS/c1-17-16-21(18(2)31(17)20-13-11-19(28)12-14-20)26-25(22-8-6-7-15-29-22)30-27(34)32(26)23-9-4-5-10-24(23)33-3/h4-16,25-26H,1-3H3,(H,30,34)/t25-,26-/m1/s1. The van der Waals surface area contributed by atoms with Crippen LogP contribution in [0.1, 0.15) is 34.7 Å². The molecule has 5 nitrogen and oxygen atoms in total. The van der Waals surface area contributed by atoms with Crippen LogP contribution < -0.4 is 15.0 Å². The van der Waals surface area contributed by atoms with Crippen LogP contribution in [0.3, 0.4) is 0 Å². The van der Waals surface area contributed by atoms with Crippen molar-refractivity contribution in [2.45, 2.75) is 25.9 Å². The first-order chi connectivity index (χ1) is 16.5. The number of methoxy groups -OCH3 is 1. The van der Waals surface area contributed by atoms with Crippen molar-refractivity contribution in [3.05, 3.63) is 107 Å². The van der Waals surface area contributed by atoms with Gasteiger partial charge in [-0.05, 0) is 86.2 Å². The zero-order valence-electron chi connectivity index (χ0n) is 19.2. The lowest BCUT2D eigenvalue weighted by atomic mass is 9.96. The van der Waals surface area contributed by atoms with Gasteiger partial charge in [0.1, 0.15) is 11.6 Å². The molecule has 1 fully saturated rings. The van der Waals surface area contributed by atoms with E-state index < -0.39 is 0 Å². The average Bonchev–Trinajstić information content (AvgIpc) is 3.35. The third kappa shape index (κ3) is 3.72. The van der Waals surface area contributed by atoms with Gasteiger partial charge in [0.2, 0.25) is 0 Å². The average molecular weight is 473 g/mol. The summed E-state index contributed by atoms with van der Waals surface area (Å²) in [5.74, 6) is 0.486. The number of ether oxygens (including phenoxy) is 1. The molecule has 2 atom stereocenters. The molecule has 0 radical (unpaired) electrons. The van der Waals surface area contributed by atoms with Gasteiger partial charge in [0, 0.05) is 23.3 Å². The molecule has 4 aromatic rings. The fraction of sp³-hybridized carbons (Fsp3) is 0.185. The highest BCUT2D eigenvalue weighted by Crippen LogP contribution is 2.46. The van der Waals surface area contributed by atoms with Crippen molar-refractivity contribution in [3.63, 3.8) is 0 Å². The Bertz CT molecular complexity index is 1340. The maximum atomic E-state index is 13.6. The van der Waals surface area contributed by atoms with Crippen molar-refractivity contribution < 1.29 is 9.13 Å². The van der Waals surface area contributed by atoms with Crippen LogP contribution in [-0.4, -0.2) is 21.8 Å². The Kier molecular flexibility index (Phi) is 5.79. The van der Waals surface area contributed by atoms with E-state index >= 15 is 0 Å². The Morgan fingerprint density at radius 2 is 1.74 bits per heavy atom. The number of para-hydroxylation sites is 2. The molecule has 0 aliphatic carbocycles. The molecule has 34 heavy (non-hydrogen) atoms. The number of aromatic nitrogens is 2. The maximum Gasteiger partial charge on any atom is 0.174 e. The van der Waals surface area contributed by atoms with Gasteiger partial charge in [-0.15, -0.1) is 0 Å². The molecule has 172 valence electrons. The Hall–Kier alpha value is -3.71. The summed E-state index contributed by atoms with van der Waals surface area (Å²) in [4.78, 5) is 6.76. The number of aryl methyl sites for hydroxylation is 1. The van der Waals surface area contributed by atoms with Gasteiger partial charge in [-0.25, -0.2) is 4.39 Å². The van der Waals surface area contributed by atoms with Gasteiger partial charge < -0.3 is 19.5 Å². The SMILES string of the molecule is COc1ccccc1N1C(=S)N[C@H](c2ccccn2)[C@H]1c1cc(C)n(-c2ccc(F)cc2)c1C. The van der Waals surface area contributed by atoms with E-state index in [0.29, 0.717) is 5.11 Å². The lowest BCUT2D eigenvalue weighted by Gasteiger charge is -2.29. The fourth-order valence-corrected chi connectivity index (χ4v) is 5.17. The lowest BCUT2D eigenvalue weighted by molar-refractivity contribution is 0.414. The molecule has 1 N–H and O–H groups in total. The highest BCUT2D eigenvalue weighted by molar-refractivity contribution is 7.80. The number of benzene rings is 2. The third-order valence-electron chi connectivity index (χ3n) is 6.32. The molecule has 0 saturated carbocycles. The number of nitrogens with zero attached hydrogens (tertiary/aromatic N) is 3. The molecule has 0 amide bonds. The summed E-state index contributed by atoms with van der Waals surface area (Å²) in [6.45, 7) is 4.15. The molecule has 1 saturated heterocycles. The summed E-state index contributed by atoms with van der Waals surface area (Å²) in [7, 11) is 1.66. The van der Waals surface area contributed by atoms with Crippen molar-refractivity contribution in [1.82, 2.24) is 14.9 Å². The highest BCUT2D eigenvalue weighted by atomic mass is 32.1. The second-order valence-corrected chi connectivity index (χ2v) is 8.69. The number of anilines is 1. The molecular weight excluding hydrogens is 447 g/mol. The Labute approximate surface area is 203 Å². The lowest BCUT2D eigenvalue weighted by Crippen LogP contribution is -2.30. The second kappa shape index (κ2) is 8.91. The van der Waals surface area contributed by atoms with Crippen molar-refractivity contribution in [2.24, 2.45) is 0 Å². The van der Waals surface area contributed by atoms with Crippen molar-refractivity contribution >= 4 is 23.0 Å². The maximum absolute atomic E-state index is 13.6. The third-order valence-corrected chi connectivity index (χ3v) is 6.63. The van der Waals surface area contributed by atoms with Crippen LogP contribution in [0.25, 0.3) is 5.69 Å². The van der Waals surface area contributed by atoms with Crippen molar-refractivity contribution in [1.29, 1.82) is 0 Å². The van der Waals surface area contributed by atoms with Gasteiger partial charge in [-0.1, -0.05) is 18.2 Å². The van der Waals surface area contributed by atoms with Crippen LogP contribution >= 0.6 is 12.2 Å². The van der Waals surface area contributed by atoms with E-state index in [1.165, 1.54) is 12.1 Å². The molecule has 2 aromatic carbocycles. The minimum atomic E-state index is -0.255. The molecule has 1 aliphatic heterocycles. The molecule has 0 bridgehead atoms. The van der Waals surface area contributed by atoms with Crippen molar-refractivity contribution in [2.75, 3.05) is 12.0 Å². The van der Waals surface area contributed by atoms with Crippen LogP contribution in [0, 0.1) is 19.7 Å². The van der Waals surface area contributed by atoms with Gasteiger partial charge in [-0.2, -0.15) is 0 Å². The predicted octanol–water partition coefficient (Wildman–Crippen LogP) is 5.81. The Morgan fingerprint density at radius 1 is 1.00 bits per heavy atom. The van der Waals surface area contributed by atoms with E-state index in [1.54, 1.807) is 25.4 Å². The van der Waals surface area contributed by atoms with Gasteiger partial charge in [0.05, 0.1) is 30.6 Å². The summed E-state index contributed by atoms with van der Waals surface area (Å²) in [6.07, 6.45) is 1.80. The topological polar surface area (TPSA) is 42.3 Å². The van der Waals surface area contributed by atoms with Crippen LogP contribution in [0.15, 0.2) is 79.0 Å².